The van der Waals surface area contributed by atoms with Gasteiger partial charge in [-0.2, -0.15) is 0 Å². The lowest BCUT2D eigenvalue weighted by Crippen LogP contribution is -2.20. The van der Waals surface area contributed by atoms with Crippen molar-refractivity contribution in [3.05, 3.63) is 34.9 Å². The number of benzene rings is 1. The highest BCUT2D eigenvalue weighted by Crippen LogP contribution is 2.42. The van der Waals surface area contributed by atoms with Gasteiger partial charge in [-0.3, -0.25) is 0 Å². The molecule has 0 bridgehead atoms. The number of hydrogen-bond acceptors (Lipinski definition) is 1. The van der Waals surface area contributed by atoms with Crippen molar-refractivity contribution in [2.24, 2.45) is 11.1 Å². The van der Waals surface area contributed by atoms with Gasteiger partial charge in [0, 0.05) is 6.54 Å². The fourth-order valence-corrected chi connectivity index (χ4v) is 2.93. The van der Waals surface area contributed by atoms with Crippen LogP contribution in [0.15, 0.2) is 18.2 Å². The van der Waals surface area contributed by atoms with Gasteiger partial charge in [0.05, 0.1) is 0 Å². The minimum absolute atomic E-state index is 0.558. The molecular formula is C16H25N. The van der Waals surface area contributed by atoms with Crippen LogP contribution in [-0.4, -0.2) is 0 Å². The van der Waals surface area contributed by atoms with Crippen molar-refractivity contribution in [1.82, 2.24) is 0 Å². The van der Waals surface area contributed by atoms with Crippen molar-refractivity contribution in [2.75, 3.05) is 0 Å². The van der Waals surface area contributed by atoms with Crippen LogP contribution in [0.1, 0.15) is 62.1 Å². The lowest BCUT2D eigenvalue weighted by atomic mass is 9.71. The van der Waals surface area contributed by atoms with E-state index in [-0.39, 0.29) is 0 Å². The molecule has 0 atom stereocenters. The summed E-state index contributed by atoms with van der Waals surface area (Å²) in [5.41, 5.74) is 10.4. The van der Waals surface area contributed by atoms with Gasteiger partial charge in [-0.15, -0.1) is 0 Å². The van der Waals surface area contributed by atoms with E-state index in [1.807, 2.05) is 0 Å². The molecule has 0 spiro atoms. The second-order valence-corrected chi connectivity index (χ2v) is 6.33. The summed E-state index contributed by atoms with van der Waals surface area (Å²) in [4.78, 5) is 0. The van der Waals surface area contributed by atoms with Crippen LogP contribution in [0.4, 0.5) is 0 Å². The van der Waals surface area contributed by atoms with Gasteiger partial charge in [0.25, 0.3) is 0 Å². The first-order valence-electron chi connectivity index (χ1n) is 6.81. The van der Waals surface area contributed by atoms with Gasteiger partial charge in [0.1, 0.15) is 0 Å². The standard InChI is InChI=1S/C16H25N/c1-12-10-14(4-5-15(12)11-17)13-6-8-16(2,3)9-7-13/h4-5,10,13H,6-9,11,17H2,1-3H3. The molecule has 1 aliphatic rings. The Balaban J connectivity index is 2.11. The summed E-state index contributed by atoms with van der Waals surface area (Å²) in [6, 6.07) is 6.85. The Morgan fingerprint density at radius 2 is 1.88 bits per heavy atom. The molecule has 0 radical (unpaired) electrons. The Morgan fingerprint density at radius 1 is 1.24 bits per heavy atom. The van der Waals surface area contributed by atoms with Gasteiger partial charge in [0.15, 0.2) is 0 Å². The summed E-state index contributed by atoms with van der Waals surface area (Å²) in [5, 5.41) is 0. The molecule has 0 amide bonds. The van der Waals surface area contributed by atoms with Gasteiger partial charge in [0.2, 0.25) is 0 Å². The Bertz CT molecular complexity index is 383. The smallest absolute Gasteiger partial charge is 0.0180 e. The molecule has 2 rings (SSSR count). The average molecular weight is 231 g/mol. The molecule has 0 aliphatic heterocycles. The number of aryl methyl sites for hydroxylation is 1. The zero-order valence-corrected chi connectivity index (χ0v) is 11.4. The predicted molar refractivity (Wildman–Crippen MR) is 74.1 cm³/mol. The summed E-state index contributed by atoms with van der Waals surface area (Å²) in [7, 11) is 0. The van der Waals surface area contributed by atoms with E-state index in [2.05, 4.69) is 39.0 Å². The fraction of sp³-hybridized carbons (Fsp3) is 0.625. The third-order valence-electron chi connectivity index (χ3n) is 4.40. The van der Waals surface area contributed by atoms with Gasteiger partial charge >= 0.3 is 0 Å². The van der Waals surface area contributed by atoms with Crippen molar-refractivity contribution in [1.29, 1.82) is 0 Å². The molecule has 0 unspecified atom stereocenters. The van der Waals surface area contributed by atoms with Crippen LogP contribution in [0.5, 0.6) is 0 Å². The molecule has 1 aromatic rings. The van der Waals surface area contributed by atoms with E-state index in [0.29, 0.717) is 12.0 Å². The lowest BCUT2D eigenvalue weighted by Gasteiger charge is -2.34. The second kappa shape index (κ2) is 4.81. The number of rotatable bonds is 2. The molecule has 1 nitrogen and oxygen atoms in total. The molecule has 0 saturated heterocycles. The van der Waals surface area contributed by atoms with Crippen molar-refractivity contribution in [3.63, 3.8) is 0 Å². The molecule has 1 aliphatic carbocycles. The van der Waals surface area contributed by atoms with E-state index in [1.54, 1.807) is 0 Å². The maximum Gasteiger partial charge on any atom is 0.0180 e. The van der Waals surface area contributed by atoms with Crippen LogP contribution in [0.25, 0.3) is 0 Å². The van der Waals surface area contributed by atoms with Gasteiger partial charge < -0.3 is 5.73 Å². The summed E-state index contributed by atoms with van der Waals surface area (Å²) >= 11 is 0. The van der Waals surface area contributed by atoms with E-state index in [9.17, 15) is 0 Å². The minimum Gasteiger partial charge on any atom is -0.326 e. The summed E-state index contributed by atoms with van der Waals surface area (Å²) < 4.78 is 0. The number of hydrogen-bond donors (Lipinski definition) is 1. The predicted octanol–water partition coefficient (Wildman–Crippen LogP) is 4.14. The van der Waals surface area contributed by atoms with Crippen LogP contribution in [0, 0.1) is 12.3 Å². The van der Waals surface area contributed by atoms with E-state index < -0.39 is 0 Å². The van der Waals surface area contributed by atoms with Gasteiger partial charge in [-0.25, -0.2) is 0 Å². The maximum absolute atomic E-state index is 5.71. The van der Waals surface area contributed by atoms with Gasteiger partial charge in [-0.1, -0.05) is 32.0 Å². The summed E-state index contributed by atoms with van der Waals surface area (Å²) in [6.07, 6.45) is 5.40. The first kappa shape index (κ1) is 12.6. The second-order valence-electron chi connectivity index (χ2n) is 6.33. The highest BCUT2D eigenvalue weighted by molar-refractivity contribution is 5.33. The summed E-state index contributed by atoms with van der Waals surface area (Å²) in [6.45, 7) is 7.63. The maximum atomic E-state index is 5.71. The highest BCUT2D eigenvalue weighted by atomic mass is 14.5. The van der Waals surface area contributed by atoms with Crippen LogP contribution < -0.4 is 5.73 Å². The SMILES string of the molecule is Cc1cc(C2CCC(C)(C)CC2)ccc1CN. The Labute approximate surface area is 105 Å². The molecule has 0 heterocycles. The molecular weight excluding hydrogens is 206 g/mol. The third-order valence-corrected chi connectivity index (χ3v) is 4.40. The Kier molecular flexibility index (Phi) is 3.58. The van der Waals surface area contributed by atoms with E-state index >= 15 is 0 Å². The lowest BCUT2D eigenvalue weighted by molar-refractivity contribution is 0.224. The van der Waals surface area contributed by atoms with Crippen molar-refractivity contribution < 1.29 is 0 Å². The molecule has 1 fully saturated rings. The normalized spacial score (nSPS) is 20.5. The Morgan fingerprint density at radius 3 is 2.41 bits per heavy atom. The summed E-state index contributed by atoms with van der Waals surface area (Å²) in [5.74, 6) is 0.772. The van der Waals surface area contributed by atoms with Crippen LogP contribution in [-0.2, 0) is 6.54 Å². The minimum atomic E-state index is 0.558. The topological polar surface area (TPSA) is 26.0 Å². The molecule has 94 valence electrons. The van der Waals surface area contributed by atoms with E-state index in [0.717, 1.165) is 5.92 Å². The van der Waals surface area contributed by atoms with Crippen LogP contribution in [0.3, 0.4) is 0 Å². The molecule has 0 aromatic heterocycles. The molecule has 1 saturated carbocycles. The van der Waals surface area contributed by atoms with E-state index in [1.165, 1.54) is 42.4 Å². The van der Waals surface area contributed by atoms with Crippen molar-refractivity contribution in [3.8, 4) is 0 Å². The van der Waals surface area contributed by atoms with Crippen LogP contribution >= 0.6 is 0 Å². The molecule has 17 heavy (non-hydrogen) atoms. The fourth-order valence-electron chi connectivity index (χ4n) is 2.93. The monoisotopic (exact) mass is 231 g/mol. The largest absolute Gasteiger partial charge is 0.326 e. The van der Waals surface area contributed by atoms with Crippen molar-refractivity contribution in [2.45, 2.75) is 58.9 Å². The van der Waals surface area contributed by atoms with Gasteiger partial charge in [-0.05, 0) is 60.6 Å². The zero-order valence-electron chi connectivity index (χ0n) is 11.4. The third kappa shape index (κ3) is 2.90. The molecule has 1 heteroatoms. The quantitative estimate of drug-likeness (QED) is 0.813. The number of nitrogens with two attached hydrogens (primary N) is 1. The average Bonchev–Trinajstić information content (AvgIpc) is 2.29. The first-order chi connectivity index (χ1) is 8.02. The molecule has 1 aromatic carbocycles. The van der Waals surface area contributed by atoms with Crippen LogP contribution in [0.2, 0.25) is 0 Å². The molecule has 2 N–H and O–H groups in total. The highest BCUT2D eigenvalue weighted by Gasteiger charge is 2.27. The van der Waals surface area contributed by atoms with E-state index in [4.69, 9.17) is 5.73 Å². The zero-order chi connectivity index (χ0) is 12.5. The Hall–Kier alpha value is -0.820. The first-order valence-corrected chi connectivity index (χ1v) is 6.81. The van der Waals surface area contributed by atoms with Crippen molar-refractivity contribution >= 4 is 0 Å².